The summed E-state index contributed by atoms with van der Waals surface area (Å²) in [4.78, 5) is 21.6. The lowest BCUT2D eigenvalue weighted by Gasteiger charge is -2.40. The summed E-state index contributed by atoms with van der Waals surface area (Å²) < 4.78 is 8.88. The molecule has 6 aromatic carbocycles. The van der Waals surface area contributed by atoms with Crippen LogP contribution in [0.25, 0.3) is 66.8 Å². The SMILES string of the molecule is CC(C)(C)c1ccc(-c2c3c(c(-c4ccc(C(C)(C)C)cc4C(C)(C)C)c(-c4ccc(C(C)(C)C)cc4C(C)(C)C)c2-c2ccc(C(C)(C)C)cc2C(C)(C)C)-c2ccccc2-3)c(C(C)(C)C)c1.O=P(O)(O)O. The molecule has 7 rings (SSSR count). The van der Waals surface area contributed by atoms with Crippen molar-refractivity contribution < 1.29 is 19.2 Å². The van der Waals surface area contributed by atoms with Crippen molar-refractivity contribution in [3.05, 3.63) is 142 Å². The molecular formula is C68H91O4P. The standard InChI is InChI=1S/C68H88.H3O4P/c1-61(2,3)41-29-33-47(51(37-41)65(13,14)15)57-55-45-27-25-26-28-46(45)56(55)58(48-34-30-42(62(4,5)6)38-52(48)66(16,17)18)60(50-36-32-44(64(10,11)12)40-54(50)68(22,23)24)59(57)49-35-31-43(63(7,8)9)39-53(49)67(19,20)21;1-5(2,3)4/h25-40H,1-24H3;(H3,1,2,3,4). The van der Waals surface area contributed by atoms with Gasteiger partial charge in [-0.3, -0.25) is 0 Å². The molecule has 0 spiro atoms. The number of phosphoric acid groups is 1. The van der Waals surface area contributed by atoms with Crippen molar-refractivity contribution in [1.82, 2.24) is 0 Å². The highest BCUT2D eigenvalue weighted by Crippen LogP contribution is 2.65. The quantitative estimate of drug-likeness (QED) is 0.154. The van der Waals surface area contributed by atoms with Crippen molar-refractivity contribution in [2.24, 2.45) is 0 Å². The van der Waals surface area contributed by atoms with Crippen LogP contribution in [-0.4, -0.2) is 14.7 Å². The van der Waals surface area contributed by atoms with E-state index in [1.165, 1.54) is 111 Å². The third-order valence-corrected chi connectivity index (χ3v) is 14.8. The minimum absolute atomic E-state index is 0.00475. The first-order chi connectivity index (χ1) is 32.8. The molecule has 0 fully saturated rings. The Kier molecular flexibility index (Phi) is 15.0. The number of fused-ring (bicyclic) bond motifs is 4. The summed E-state index contributed by atoms with van der Waals surface area (Å²) in [7, 11) is -4.64. The Hall–Kier alpha value is -4.57. The average Bonchev–Trinajstić information content (AvgIpc) is 3.20. The van der Waals surface area contributed by atoms with Gasteiger partial charge >= 0.3 is 7.82 Å². The highest BCUT2D eigenvalue weighted by Gasteiger charge is 2.41. The van der Waals surface area contributed by atoms with E-state index in [9.17, 15) is 0 Å². The zero-order valence-corrected chi connectivity index (χ0v) is 50.3. The maximum atomic E-state index is 8.88. The number of hydrogen-bond acceptors (Lipinski definition) is 1. The van der Waals surface area contributed by atoms with Crippen LogP contribution in [0.2, 0.25) is 0 Å². The van der Waals surface area contributed by atoms with Gasteiger partial charge < -0.3 is 14.7 Å². The van der Waals surface area contributed by atoms with E-state index in [4.69, 9.17) is 19.2 Å². The molecule has 4 nitrogen and oxygen atoms in total. The maximum Gasteiger partial charge on any atom is 0.466 e. The Balaban J connectivity index is 0.00000166. The molecule has 0 amide bonds. The molecule has 3 N–H and O–H groups in total. The summed E-state index contributed by atoms with van der Waals surface area (Å²) in [5.74, 6) is 0. The van der Waals surface area contributed by atoms with Gasteiger partial charge in [-0.05, 0) is 155 Å². The molecule has 6 aromatic rings. The number of rotatable bonds is 4. The lowest BCUT2D eigenvalue weighted by molar-refractivity contribution is 0.275. The van der Waals surface area contributed by atoms with Crippen molar-refractivity contribution in [3.63, 3.8) is 0 Å². The Labute approximate surface area is 442 Å². The molecule has 0 saturated heterocycles. The lowest BCUT2D eigenvalue weighted by Crippen LogP contribution is -2.21. The van der Waals surface area contributed by atoms with Crippen LogP contribution in [0.4, 0.5) is 0 Å². The first-order valence-electron chi connectivity index (χ1n) is 26.6. The molecule has 0 radical (unpaired) electrons. The van der Waals surface area contributed by atoms with Gasteiger partial charge in [-0.2, -0.15) is 0 Å². The zero-order chi connectivity index (χ0) is 55.4. The molecule has 1 aliphatic rings. The van der Waals surface area contributed by atoms with Crippen LogP contribution in [0.5, 0.6) is 0 Å². The van der Waals surface area contributed by atoms with E-state index < -0.39 is 7.82 Å². The Morgan fingerprint density at radius 1 is 0.260 bits per heavy atom. The van der Waals surface area contributed by atoms with E-state index in [2.05, 4.69) is 263 Å². The van der Waals surface area contributed by atoms with Crippen LogP contribution in [-0.2, 0) is 47.9 Å². The van der Waals surface area contributed by atoms with E-state index in [0.717, 1.165) is 0 Å². The molecule has 0 unspecified atom stereocenters. The smallest absolute Gasteiger partial charge is 0.303 e. The summed E-state index contributed by atoms with van der Waals surface area (Å²) in [5, 5.41) is 0. The predicted octanol–water partition coefficient (Wildman–Crippen LogP) is 19.5. The molecule has 0 saturated carbocycles. The fraction of sp³-hybridized carbons (Fsp3) is 0.471. The molecule has 0 atom stereocenters. The summed E-state index contributed by atoms with van der Waals surface area (Å²) in [5.41, 5.74) is 26.6. The Bertz CT molecular complexity index is 2910. The Morgan fingerprint density at radius 3 is 0.575 bits per heavy atom. The lowest BCUT2D eigenvalue weighted by atomic mass is 9.63. The minimum atomic E-state index is -4.64. The van der Waals surface area contributed by atoms with E-state index in [1.54, 1.807) is 0 Å². The van der Waals surface area contributed by atoms with Gasteiger partial charge in [0.2, 0.25) is 0 Å². The molecule has 0 heterocycles. The van der Waals surface area contributed by atoms with E-state index >= 15 is 0 Å². The summed E-state index contributed by atoms with van der Waals surface area (Å²) in [6.45, 7) is 57.4. The molecule has 0 bridgehead atoms. The molecule has 0 aliphatic heterocycles. The normalized spacial score (nSPS) is 13.7. The fourth-order valence-electron chi connectivity index (χ4n) is 10.6. The van der Waals surface area contributed by atoms with E-state index in [0.29, 0.717) is 0 Å². The molecule has 5 heteroatoms. The first kappa shape index (κ1) is 57.7. The number of hydrogen-bond donors (Lipinski definition) is 3. The van der Waals surface area contributed by atoms with Crippen molar-refractivity contribution in [2.75, 3.05) is 0 Å². The topological polar surface area (TPSA) is 77.8 Å². The van der Waals surface area contributed by atoms with Crippen LogP contribution in [0.1, 0.15) is 211 Å². The minimum Gasteiger partial charge on any atom is -0.303 e. The predicted molar refractivity (Wildman–Crippen MR) is 316 cm³/mol. The summed E-state index contributed by atoms with van der Waals surface area (Å²) in [6.07, 6.45) is 0. The highest BCUT2D eigenvalue weighted by atomic mass is 31.2. The van der Waals surface area contributed by atoms with Gasteiger partial charge in [-0.25, -0.2) is 4.57 Å². The van der Waals surface area contributed by atoms with Gasteiger partial charge in [-0.15, -0.1) is 0 Å². The second-order valence-electron chi connectivity index (χ2n) is 29.4. The van der Waals surface area contributed by atoms with Gasteiger partial charge in [0.25, 0.3) is 0 Å². The molecule has 73 heavy (non-hydrogen) atoms. The van der Waals surface area contributed by atoms with Crippen LogP contribution < -0.4 is 0 Å². The van der Waals surface area contributed by atoms with Crippen LogP contribution in [0.15, 0.2) is 97.1 Å². The highest BCUT2D eigenvalue weighted by molar-refractivity contribution is 7.45. The van der Waals surface area contributed by atoms with E-state index in [1.807, 2.05) is 0 Å². The second-order valence-corrected chi connectivity index (χ2v) is 30.4. The maximum absolute atomic E-state index is 8.88. The van der Waals surface area contributed by atoms with Gasteiger partial charge in [0, 0.05) is 0 Å². The molecular weight excluding hydrogens is 912 g/mol. The Morgan fingerprint density at radius 2 is 0.425 bits per heavy atom. The van der Waals surface area contributed by atoms with Crippen LogP contribution in [0, 0.1) is 0 Å². The monoisotopic (exact) mass is 1000 g/mol. The summed E-state index contributed by atoms with van der Waals surface area (Å²) in [6, 6.07) is 39.4. The van der Waals surface area contributed by atoms with Crippen molar-refractivity contribution in [2.45, 2.75) is 209 Å². The largest absolute Gasteiger partial charge is 0.466 e. The molecule has 1 aliphatic carbocycles. The second kappa shape index (κ2) is 18.9. The summed E-state index contributed by atoms with van der Waals surface area (Å²) >= 11 is 0. The number of benzene rings is 6. The van der Waals surface area contributed by atoms with Gasteiger partial charge in [0.15, 0.2) is 0 Å². The third kappa shape index (κ3) is 12.1. The van der Waals surface area contributed by atoms with Gasteiger partial charge in [-0.1, -0.05) is 263 Å². The fourth-order valence-corrected chi connectivity index (χ4v) is 10.6. The van der Waals surface area contributed by atoms with Gasteiger partial charge in [0.1, 0.15) is 0 Å². The van der Waals surface area contributed by atoms with Crippen molar-refractivity contribution >= 4 is 7.82 Å². The van der Waals surface area contributed by atoms with Gasteiger partial charge in [0.05, 0.1) is 0 Å². The van der Waals surface area contributed by atoms with Crippen LogP contribution >= 0.6 is 7.82 Å². The average molecular weight is 1000 g/mol. The molecule has 0 aromatic heterocycles. The van der Waals surface area contributed by atoms with E-state index in [-0.39, 0.29) is 43.3 Å². The van der Waals surface area contributed by atoms with Crippen molar-refractivity contribution in [3.8, 4) is 66.8 Å². The first-order valence-corrected chi connectivity index (χ1v) is 28.1. The van der Waals surface area contributed by atoms with Crippen molar-refractivity contribution in [1.29, 1.82) is 0 Å². The molecule has 392 valence electrons. The van der Waals surface area contributed by atoms with Crippen LogP contribution in [0.3, 0.4) is 0 Å². The third-order valence-electron chi connectivity index (χ3n) is 14.8. The zero-order valence-electron chi connectivity index (χ0n) is 49.4.